The van der Waals surface area contributed by atoms with Crippen LogP contribution in [0.2, 0.25) is 0 Å². The number of hydrogen-bond donors (Lipinski definition) is 2. The molecule has 158 valence electrons. The first-order valence-electron chi connectivity index (χ1n) is 9.65. The van der Waals surface area contributed by atoms with E-state index < -0.39 is 10.0 Å². The lowest BCUT2D eigenvalue weighted by Gasteiger charge is -2.05. The van der Waals surface area contributed by atoms with E-state index in [4.69, 9.17) is 9.66 Å². The van der Waals surface area contributed by atoms with Gasteiger partial charge in [0, 0.05) is 24.9 Å². The Morgan fingerprint density at radius 2 is 1.70 bits per heavy atom. The predicted molar refractivity (Wildman–Crippen MR) is 112 cm³/mol. The SMILES string of the molecule is CCc1ccc(-c2noc(CCC(=O)NCCc3ccc(S(N)(=O)=O)cc3)n2)cc1. The molecule has 0 saturated carbocycles. The molecule has 8 nitrogen and oxygen atoms in total. The quantitative estimate of drug-likeness (QED) is 0.538. The second-order valence-electron chi connectivity index (χ2n) is 6.85. The molecule has 0 fully saturated rings. The normalized spacial score (nSPS) is 11.4. The third-order valence-corrected chi connectivity index (χ3v) is 5.57. The lowest BCUT2D eigenvalue weighted by molar-refractivity contribution is -0.121. The van der Waals surface area contributed by atoms with Crippen LogP contribution in [0.25, 0.3) is 11.4 Å². The third-order valence-electron chi connectivity index (χ3n) is 4.64. The van der Waals surface area contributed by atoms with Crippen molar-refractivity contribution >= 4 is 15.9 Å². The number of rotatable bonds is 9. The largest absolute Gasteiger partial charge is 0.356 e. The first-order chi connectivity index (χ1) is 14.3. The number of aryl methyl sites for hydroxylation is 2. The maximum absolute atomic E-state index is 12.0. The first kappa shape index (κ1) is 21.7. The minimum atomic E-state index is -3.70. The van der Waals surface area contributed by atoms with E-state index in [2.05, 4.69) is 22.4 Å². The number of nitrogens with zero attached hydrogens (tertiary/aromatic N) is 2. The number of hydrogen-bond acceptors (Lipinski definition) is 6. The van der Waals surface area contributed by atoms with Crippen LogP contribution < -0.4 is 10.5 Å². The molecule has 9 heteroatoms. The van der Waals surface area contributed by atoms with Crippen LogP contribution in [-0.2, 0) is 34.1 Å². The Balaban J connectivity index is 1.43. The number of nitrogens with two attached hydrogens (primary N) is 1. The van der Waals surface area contributed by atoms with Crippen LogP contribution in [0.4, 0.5) is 0 Å². The molecular formula is C21H24N4O4S. The second kappa shape index (κ2) is 9.64. The van der Waals surface area contributed by atoms with Crippen molar-refractivity contribution in [3.63, 3.8) is 0 Å². The minimum Gasteiger partial charge on any atom is -0.356 e. The van der Waals surface area contributed by atoms with Crippen LogP contribution >= 0.6 is 0 Å². The molecule has 3 N–H and O–H groups in total. The van der Waals surface area contributed by atoms with Gasteiger partial charge in [0.25, 0.3) is 0 Å². The van der Waals surface area contributed by atoms with Crippen LogP contribution in [0.1, 0.15) is 30.4 Å². The third kappa shape index (κ3) is 5.98. The molecule has 0 atom stereocenters. The van der Waals surface area contributed by atoms with E-state index in [1.807, 2.05) is 24.3 Å². The Morgan fingerprint density at radius 3 is 2.33 bits per heavy atom. The van der Waals surface area contributed by atoms with Gasteiger partial charge >= 0.3 is 0 Å². The van der Waals surface area contributed by atoms with Gasteiger partial charge in [-0.3, -0.25) is 4.79 Å². The summed E-state index contributed by atoms with van der Waals surface area (Å²) in [5.41, 5.74) is 3.01. The first-order valence-corrected chi connectivity index (χ1v) is 11.2. The fourth-order valence-electron chi connectivity index (χ4n) is 2.86. The van der Waals surface area contributed by atoms with Crippen molar-refractivity contribution in [3.8, 4) is 11.4 Å². The van der Waals surface area contributed by atoms with Gasteiger partial charge in [-0.05, 0) is 36.1 Å². The van der Waals surface area contributed by atoms with Crippen LogP contribution in [0.5, 0.6) is 0 Å². The molecule has 3 aromatic rings. The van der Waals surface area contributed by atoms with Crippen molar-refractivity contribution in [2.24, 2.45) is 5.14 Å². The molecule has 0 radical (unpaired) electrons. The van der Waals surface area contributed by atoms with Gasteiger partial charge in [0.1, 0.15) is 0 Å². The van der Waals surface area contributed by atoms with Gasteiger partial charge in [0.2, 0.25) is 27.6 Å². The Kier molecular flexibility index (Phi) is 6.96. The van der Waals surface area contributed by atoms with E-state index in [0.717, 1.165) is 17.5 Å². The van der Waals surface area contributed by atoms with Crippen molar-refractivity contribution in [3.05, 3.63) is 65.5 Å². The molecule has 0 spiro atoms. The molecule has 0 bridgehead atoms. The fraction of sp³-hybridized carbons (Fsp3) is 0.286. The van der Waals surface area contributed by atoms with Crippen molar-refractivity contribution in [2.75, 3.05) is 6.54 Å². The summed E-state index contributed by atoms with van der Waals surface area (Å²) in [5, 5.41) is 11.9. The summed E-state index contributed by atoms with van der Waals surface area (Å²) in [4.78, 5) is 16.5. The summed E-state index contributed by atoms with van der Waals surface area (Å²) in [5.74, 6) is 0.803. The number of sulfonamides is 1. The average molecular weight is 429 g/mol. The lowest BCUT2D eigenvalue weighted by Crippen LogP contribution is -2.25. The Morgan fingerprint density at radius 1 is 1.03 bits per heavy atom. The van der Waals surface area contributed by atoms with Gasteiger partial charge in [-0.15, -0.1) is 0 Å². The molecule has 0 saturated heterocycles. The van der Waals surface area contributed by atoms with Crippen molar-refractivity contribution in [1.82, 2.24) is 15.5 Å². The number of carbonyl (C=O) groups excluding carboxylic acids is 1. The number of primary sulfonamides is 1. The van der Waals surface area contributed by atoms with E-state index in [9.17, 15) is 13.2 Å². The molecule has 1 heterocycles. The average Bonchev–Trinajstić information content (AvgIpc) is 3.21. The highest BCUT2D eigenvalue weighted by molar-refractivity contribution is 7.89. The summed E-state index contributed by atoms with van der Waals surface area (Å²) in [6, 6.07) is 14.2. The zero-order valence-corrected chi connectivity index (χ0v) is 17.5. The van der Waals surface area contributed by atoms with E-state index in [1.54, 1.807) is 12.1 Å². The summed E-state index contributed by atoms with van der Waals surface area (Å²) < 4.78 is 27.7. The highest BCUT2D eigenvalue weighted by atomic mass is 32.2. The van der Waals surface area contributed by atoms with Gasteiger partial charge in [-0.25, -0.2) is 13.6 Å². The Hall–Kier alpha value is -3.04. The number of benzene rings is 2. The molecule has 0 aliphatic heterocycles. The van der Waals surface area contributed by atoms with Gasteiger partial charge in [-0.1, -0.05) is 48.5 Å². The molecular weight excluding hydrogens is 404 g/mol. The molecule has 0 aliphatic carbocycles. The smallest absolute Gasteiger partial charge is 0.238 e. The summed E-state index contributed by atoms with van der Waals surface area (Å²) in [6.45, 7) is 2.53. The molecule has 3 rings (SSSR count). The summed E-state index contributed by atoms with van der Waals surface area (Å²) in [6.07, 6.45) is 2.14. The van der Waals surface area contributed by atoms with E-state index in [-0.39, 0.29) is 17.2 Å². The van der Waals surface area contributed by atoms with Gasteiger partial charge < -0.3 is 9.84 Å². The molecule has 2 aromatic carbocycles. The van der Waals surface area contributed by atoms with Crippen LogP contribution in [0, 0.1) is 0 Å². The maximum Gasteiger partial charge on any atom is 0.238 e. The summed E-state index contributed by atoms with van der Waals surface area (Å²) >= 11 is 0. The Labute approximate surface area is 175 Å². The standard InChI is InChI=1S/C21H24N4O4S/c1-2-15-3-7-17(8-4-15)21-24-20(29-25-21)12-11-19(26)23-14-13-16-5-9-18(10-6-16)30(22,27)28/h3-10H,2,11-14H2,1H3,(H,23,26)(H2,22,27,28). The number of nitrogens with one attached hydrogen (secondary N) is 1. The van der Waals surface area contributed by atoms with Crippen molar-refractivity contribution < 1.29 is 17.7 Å². The molecule has 30 heavy (non-hydrogen) atoms. The molecule has 0 unspecified atom stereocenters. The predicted octanol–water partition coefficient (Wildman–Crippen LogP) is 2.24. The zero-order valence-electron chi connectivity index (χ0n) is 16.7. The van der Waals surface area contributed by atoms with Crippen LogP contribution in [0.3, 0.4) is 0 Å². The Bertz CT molecular complexity index is 1090. The lowest BCUT2D eigenvalue weighted by atomic mass is 10.1. The molecule has 1 aromatic heterocycles. The number of carbonyl (C=O) groups is 1. The van der Waals surface area contributed by atoms with Crippen molar-refractivity contribution in [1.29, 1.82) is 0 Å². The minimum absolute atomic E-state index is 0.0653. The van der Waals surface area contributed by atoms with Gasteiger partial charge in [0.15, 0.2) is 0 Å². The number of amides is 1. The second-order valence-corrected chi connectivity index (χ2v) is 8.41. The highest BCUT2D eigenvalue weighted by Crippen LogP contribution is 2.17. The summed E-state index contributed by atoms with van der Waals surface area (Å²) in [7, 11) is -3.70. The molecule has 0 aliphatic rings. The molecule has 1 amide bonds. The van der Waals surface area contributed by atoms with Crippen molar-refractivity contribution in [2.45, 2.75) is 37.5 Å². The fourth-order valence-corrected chi connectivity index (χ4v) is 3.38. The highest BCUT2D eigenvalue weighted by Gasteiger charge is 2.11. The zero-order chi connectivity index (χ0) is 21.6. The number of aromatic nitrogens is 2. The van der Waals surface area contributed by atoms with E-state index in [1.165, 1.54) is 17.7 Å². The van der Waals surface area contributed by atoms with E-state index in [0.29, 0.717) is 31.1 Å². The van der Waals surface area contributed by atoms with E-state index >= 15 is 0 Å². The topological polar surface area (TPSA) is 128 Å². The van der Waals surface area contributed by atoms with Crippen LogP contribution in [-0.4, -0.2) is 31.0 Å². The van der Waals surface area contributed by atoms with Gasteiger partial charge in [0.05, 0.1) is 4.90 Å². The van der Waals surface area contributed by atoms with Gasteiger partial charge in [-0.2, -0.15) is 4.98 Å². The maximum atomic E-state index is 12.0. The van der Waals surface area contributed by atoms with Crippen LogP contribution in [0.15, 0.2) is 57.9 Å². The monoisotopic (exact) mass is 428 g/mol.